The Hall–Kier alpha value is -3.47. The fourth-order valence-electron chi connectivity index (χ4n) is 3.58. The monoisotopic (exact) mass is 389 g/mol. The topological polar surface area (TPSA) is 48.0 Å². The van der Waals surface area contributed by atoms with Crippen LogP contribution < -0.4 is 14.2 Å². The van der Waals surface area contributed by atoms with Gasteiger partial charge in [0.1, 0.15) is 5.75 Å². The zero-order valence-electron chi connectivity index (χ0n) is 16.5. The van der Waals surface area contributed by atoms with E-state index in [1.807, 2.05) is 77.7 Å². The molecule has 0 N–H and O–H groups in total. The molecule has 0 saturated heterocycles. The average Bonchev–Trinajstić information content (AvgIpc) is 3.22. The number of hydrogen-bond acceptors (Lipinski definition) is 4. The van der Waals surface area contributed by atoms with Crippen LogP contribution in [0.4, 0.5) is 0 Å². The highest BCUT2D eigenvalue weighted by atomic mass is 16.7. The number of amides is 1. The van der Waals surface area contributed by atoms with Crippen molar-refractivity contribution in [3.8, 4) is 17.2 Å². The molecule has 0 spiro atoms. The minimum Gasteiger partial charge on any atom is -0.497 e. The lowest BCUT2D eigenvalue weighted by Gasteiger charge is -2.32. The second kappa shape index (κ2) is 8.27. The van der Waals surface area contributed by atoms with Crippen molar-refractivity contribution >= 4 is 5.91 Å². The van der Waals surface area contributed by atoms with Gasteiger partial charge in [0.05, 0.1) is 13.2 Å². The first-order valence-electron chi connectivity index (χ1n) is 9.50. The lowest BCUT2D eigenvalue weighted by atomic mass is 9.96. The van der Waals surface area contributed by atoms with Gasteiger partial charge >= 0.3 is 0 Å². The molecule has 3 aromatic rings. The quantitative estimate of drug-likeness (QED) is 0.620. The lowest BCUT2D eigenvalue weighted by Crippen LogP contribution is -2.33. The second-order valence-electron chi connectivity index (χ2n) is 6.92. The summed E-state index contributed by atoms with van der Waals surface area (Å²) in [6.45, 7) is 2.30. The zero-order chi connectivity index (χ0) is 20.2. The van der Waals surface area contributed by atoms with Crippen molar-refractivity contribution in [1.82, 2.24) is 4.90 Å². The van der Waals surface area contributed by atoms with Gasteiger partial charge in [0.2, 0.25) is 12.7 Å². The highest BCUT2D eigenvalue weighted by Crippen LogP contribution is 2.38. The minimum absolute atomic E-state index is 0.00709. The molecular formula is C24H23NO4. The summed E-state index contributed by atoms with van der Waals surface area (Å²) in [6.07, 6.45) is 0. The smallest absolute Gasteiger partial charge is 0.231 e. The van der Waals surface area contributed by atoms with Crippen LogP contribution in [0.15, 0.2) is 72.8 Å². The second-order valence-corrected chi connectivity index (χ2v) is 6.92. The Bertz CT molecular complexity index is 986. The van der Waals surface area contributed by atoms with E-state index in [-0.39, 0.29) is 18.7 Å². The predicted octanol–water partition coefficient (Wildman–Crippen LogP) is 4.56. The Balaban J connectivity index is 1.74. The Morgan fingerprint density at radius 1 is 0.966 bits per heavy atom. The first-order chi connectivity index (χ1) is 14.2. The summed E-state index contributed by atoms with van der Waals surface area (Å²) in [6, 6.07) is 23.4. The van der Waals surface area contributed by atoms with E-state index in [1.165, 1.54) is 0 Å². The molecule has 1 atom stereocenters. The molecule has 3 aromatic carbocycles. The molecule has 1 aliphatic rings. The molecule has 4 rings (SSSR count). The van der Waals surface area contributed by atoms with Gasteiger partial charge in [0.15, 0.2) is 11.5 Å². The number of carbonyl (C=O) groups excluding carboxylic acids is 1. The number of benzene rings is 3. The molecule has 5 heteroatoms. The minimum atomic E-state index is -0.245. The van der Waals surface area contributed by atoms with E-state index in [4.69, 9.17) is 14.2 Å². The van der Waals surface area contributed by atoms with Crippen LogP contribution in [0.3, 0.4) is 0 Å². The Labute approximate surface area is 170 Å². The van der Waals surface area contributed by atoms with Crippen LogP contribution in [-0.4, -0.2) is 24.7 Å². The van der Waals surface area contributed by atoms with Crippen LogP contribution in [0, 0.1) is 0 Å². The number of rotatable bonds is 6. The summed E-state index contributed by atoms with van der Waals surface area (Å²) in [7, 11) is 1.64. The first-order valence-corrected chi connectivity index (χ1v) is 9.50. The molecule has 0 aromatic heterocycles. The molecule has 0 saturated carbocycles. The first kappa shape index (κ1) is 18.9. The van der Waals surface area contributed by atoms with Gasteiger partial charge in [-0.15, -0.1) is 0 Å². The van der Waals surface area contributed by atoms with Gasteiger partial charge in [-0.25, -0.2) is 0 Å². The largest absolute Gasteiger partial charge is 0.497 e. The predicted molar refractivity (Wildman–Crippen MR) is 110 cm³/mol. The molecule has 29 heavy (non-hydrogen) atoms. The van der Waals surface area contributed by atoms with Gasteiger partial charge < -0.3 is 19.1 Å². The molecule has 1 aliphatic heterocycles. The summed E-state index contributed by atoms with van der Waals surface area (Å²) >= 11 is 0. The van der Waals surface area contributed by atoms with E-state index < -0.39 is 0 Å². The van der Waals surface area contributed by atoms with Crippen molar-refractivity contribution in [3.05, 3.63) is 89.5 Å². The Morgan fingerprint density at radius 2 is 1.69 bits per heavy atom. The summed E-state index contributed by atoms with van der Waals surface area (Å²) in [5.41, 5.74) is 3.04. The van der Waals surface area contributed by atoms with Crippen molar-refractivity contribution < 1.29 is 19.0 Å². The van der Waals surface area contributed by atoms with Crippen LogP contribution in [0.2, 0.25) is 0 Å². The fraction of sp³-hybridized carbons (Fsp3) is 0.208. The van der Waals surface area contributed by atoms with E-state index in [0.717, 1.165) is 28.2 Å². The number of fused-ring (bicyclic) bond motifs is 1. The molecule has 0 fully saturated rings. The number of carbonyl (C=O) groups is 1. The fourth-order valence-corrected chi connectivity index (χ4v) is 3.58. The Kier molecular flexibility index (Phi) is 5.38. The van der Waals surface area contributed by atoms with Crippen molar-refractivity contribution in [2.75, 3.05) is 13.9 Å². The maximum Gasteiger partial charge on any atom is 0.231 e. The molecule has 148 valence electrons. The van der Waals surface area contributed by atoms with E-state index >= 15 is 0 Å². The third kappa shape index (κ3) is 4.04. The van der Waals surface area contributed by atoms with Gasteiger partial charge in [0, 0.05) is 13.5 Å². The van der Waals surface area contributed by atoms with Crippen LogP contribution in [0.1, 0.15) is 29.7 Å². The summed E-state index contributed by atoms with van der Waals surface area (Å²) in [4.78, 5) is 14.6. The van der Waals surface area contributed by atoms with E-state index in [2.05, 4.69) is 0 Å². The van der Waals surface area contributed by atoms with E-state index in [0.29, 0.717) is 12.3 Å². The average molecular weight is 389 g/mol. The van der Waals surface area contributed by atoms with Gasteiger partial charge in [-0.05, 0) is 41.0 Å². The molecule has 0 unspecified atom stereocenters. The number of methoxy groups -OCH3 is 1. The third-order valence-electron chi connectivity index (χ3n) is 5.06. The highest BCUT2D eigenvalue weighted by molar-refractivity contribution is 5.74. The molecule has 5 nitrogen and oxygen atoms in total. The molecule has 0 bridgehead atoms. The van der Waals surface area contributed by atoms with Crippen LogP contribution >= 0.6 is 0 Å². The zero-order valence-corrected chi connectivity index (χ0v) is 16.5. The third-order valence-corrected chi connectivity index (χ3v) is 5.06. The van der Waals surface area contributed by atoms with Crippen LogP contribution in [-0.2, 0) is 11.3 Å². The molecule has 0 aliphatic carbocycles. The maximum atomic E-state index is 12.7. The molecule has 1 heterocycles. The maximum absolute atomic E-state index is 12.7. The summed E-state index contributed by atoms with van der Waals surface area (Å²) in [5, 5.41) is 0. The summed E-state index contributed by atoms with van der Waals surface area (Å²) in [5.74, 6) is 2.22. The number of nitrogens with zero attached hydrogens (tertiary/aromatic N) is 1. The Morgan fingerprint density at radius 3 is 2.38 bits per heavy atom. The number of hydrogen-bond donors (Lipinski definition) is 0. The SMILES string of the molecule is COc1ccc(CN(C(C)=O)[C@@H](c2ccccc2)c2ccc3c(c2)OCO3)cc1. The van der Waals surface area contributed by atoms with Gasteiger partial charge in [-0.3, -0.25) is 4.79 Å². The van der Waals surface area contributed by atoms with E-state index in [1.54, 1.807) is 14.0 Å². The summed E-state index contributed by atoms with van der Waals surface area (Å²) < 4.78 is 16.3. The van der Waals surface area contributed by atoms with Gasteiger partial charge in [-0.1, -0.05) is 48.5 Å². The van der Waals surface area contributed by atoms with Gasteiger partial charge in [-0.2, -0.15) is 0 Å². The molecule has 1 amide bonds. The van der Waals surface area contributed by atoms with Crippen LogP contribution in [0.25, 0.3) is 0 Å². The van der Waals surface area contributed by atoms with Crippen molar-refractivity contribution in [1.29, 1.82) is 0 Å². The van der Waals surface area contributed by atoms with Crippen molar-refractivity contribution in [2.45, 2.75) is 19.5 Å². The standard InChI is InChI=1S/C24H23NO4/c1-17(26)25(15-18-8-11-21(27-2)12-9-18)24(19-6-4-3-5-7-19)20-10-13-22-23(14-20)29-16-28-22/h3-14,24H,15-16H2,1-2H3/t24-/m0/s1. The number of ether oxygens (including phenoxy) is 3. The highest BCUT2D eigenvalue weighted by Gasteiger charge is 2.27. The van der Waals surface area contributed by atoms with Gasteiger partial charge in [0.25, 0.3) is 0 Å². The van der Waals surface area contributed by atoms with Crippen LogP contribution in [0.5, 0.6) is 17.2 Å². The van der Waals surface area contributed by atoms with Crippen molar-refractivity contribution in [2.24, 2.45) is 0 Å². The normalized spacial score (nSPS) is 13.0. The van der Waals surface area contributed by atoms with E-state index in [9.17, 15) is 4.79 Å². The lowest BCUT2D eigenvalue weighted by molar-refractivity contribution is -0.131. The van der Waals surface area contributed by atoms with Crippen molar-refractivity contribution in [3.63, 3.8) is 0 Å². The molecular weight excluding hydrogens is 366 g/mol. The molecule has 0 radical (unpaired) electrons.